The molecule has 3 rings (SSSR count). The van der Waals surface area contributed by atoms with Crippen LogP contribution in [0, 0.1) is 0 Å². The van der Waals surface area contributed by atoms with Crippen molar-refractivity contribution in [2.24, 2.45) is 0 Å². The number of aromatic nitrogens is 4. The third kappa shape index (κ3) is 2.73. The average Bonchev–Trinajstić information content (AvgIpc) is 2.85. The minimum Gasteiger partial charge on any atom is -0.370 e. The molecule has 3 heterocycles. The second-order valence-electron chi connectivity index (χ2n) is 4.08. The maximum atomic E-state index is 4.26. The summed E-state index contributed by atoms with van der Waals surface area (Å²) in [6.07, 6.45) is 4.54. The Morgan fingerprint density at radius 2 is 2.11 bits per heavy atom. The molecule has 0 fully saturated rings. The van der Waals surface area contributed by atoms with Crippen molar-refractivity contribution in [2.45, 2.75) is 6.42 Å². The average molecular weight is 318 g/mol. The van der Waals surface area contributed by atoms with Crippen molar-refractivity contribution in [2.75, 3.05) is 11.9 Å². The molecule has 96 valence electrons. The van der Waals surface area contributed by atoms with Crippen LogP contribution in [0.15, 0.2) is 47.2 Å². The van der Waals surface area contributed by atoms with Crippen LogP contribution in [0.5, 0.6) is 0 Å². The van der Waals surface area contributed by atoms with Gasteiger partial charge in [0.15, 0.2) is 5.65 Å². The van der Waals surface area contributed by atoms with Gasteiger partial charge in [-0.05, 0) is 40.2 Å². The third-order valence-corrected chi connectivity index (χ3v) is 3.24. The minimum absolute atomic E-state index is 0.768. The van der Waals surface area contributed by atoms with Crippen LogP contribution in [-0.4, -0.2) is 26.1 Å². The summed E-state index contributed by atoms with van der Waals surface area (Å²) in [5.41, 5.74) is 0.874. The van der Waals surface area contributed by atoms with E-state index in [0.29, 0.717) is 0 Å². The lowest BCUT2D eigenvalue weighted by atomic mass is 10.3. The third-order valence-electron chi connectivity index (χ3n) is 2.77. The first-order valence-electron chi connectivity index (χ1n) is 5.97. The largest absolute Gasteiger partial charge is 0.370 e. The van der Waals surface area contributed by atoms with Crippen LogP contribution in [0.2, 0.25) is 0 Å². The fourth-order valence-corrected chi connectivity index (χ4v) is 2.08. The van der Waals surface area contributed by atoms with Crippen LogP contribution in [0.25, 0.3) is 5.65 Å². The molecule has 0 aliphatic heterocycles. The molecule has 3 aromatic heterocycles. The number of hydrogen-bond donors (Lipinski definition) is 1. The van der Waals surface area contributed by atoms with E-state index in [-0.39, 0.29) is 0 Å². The van der Waals surface area contributed by atoms with Gasteiger partial charge in [0.2, 0.25) is 0 Å². The zero-order valence-electron chi connectivity index (χ0n) is 10.1. The highest BCUT2D eigenvalue weighted by Crippen LogP contribution is 2.10. The molecular formula is C13H12BrN5. The van der Waals surface area contributed by atoms with Crippen molar-refractivity contribution in [3.63, 3.8) is 0 Å². The van der Waals surface area contributed by atoms with E-state index in [4.69, 9.17) is 0 Å². The molecule has 0 spiro atoms. The van der Waals surface area contributed by atoms with Gasteiger partial charge in [-0.3, -0.25) is 4.40 Å². The van der Waals surface area contributed by atoms with Gasteiger partial charge in [-0.25, -0.2) is 4.98 Å². The summed E-state index contributed by atoms with van der Waals surface area (Å²) in [6, 6.07) is 9.77. The summed E-state index contributed by atoms with van der Waals surface area (Å²) in [5, 5.41) is 11.6. The Morgan fingerprint density at radius 1 is 1.16 bits per heavy atom. The van der Waals surface area contributed by atoms with Gasteiger partial charge < -0.3 is 5.32 Å². The number of anilines is 1. The molecule has 0 aliphatic carbocycles. The molecule has 0 saturated heterocycles. The summed E-state index contributed by atoms with van der Waals surface area (Å²) in [6.45, 7) is 0.768. The van der Waals surface area contributed by atoms with Crippen molar-refractivity contribution < 1.29 is 0 Å². The summed E-state index contributed by atoms with van der Waals surface area (Å²) in [5.74, 6) is 1.80. The van der Waals surface area contributed by atoms with Crippen LogP contribution in [0.4, 0.5) is 5.82 Å². The van der Waals surface area contributed by atoms with E-state index >= 15 is 0 Å². The van der Waals surface area contributed by atoms with Crippen molar-refractivity contribution in [3.05, 3.63) is 53.0 Å². The van der Waals surface area contributed by atoms with Gasteiger partial charge in [-0.1, -0.05) is 6.07 Å². The number of fused-ring (bicyclic) bond motifs is 1. The van der Waals surface area contributed by atoms with E-state index in [1.807, 2.05) is 40.9 Å². The molecule has 6 heteroatoms. The number of pyridine rings is 2. The van der Waals surface area contributed by atoms with Gasteiger partial charge in [0.1, 0.15) is 11.6 Å². The van der Waals surface area contributed by atoms with Gasteiger partial charge in [-0.2, -0.15) is 0 Å². The predicted molar refractivity (Wildman–Crippen MR) is 77.1 cm³/mol. The van der Waals surface area contributed by atoms with Crippen molar-refractivity contribution in [1.29, 1.82) is 0 Å². The monoisotopic (exact) mass is 317 g/mol. The molecule has 0 amide bonds. The van der Waals surface area contributed by atoms with Crippen LogP contribution < -0.4 is 5.32 Å². The van der Waals surface area contributed by atoms with Crippen LogP contribution in [-0.2, 0) is 6.42 Å². The van der Waals surface area contributed by atoms with Crippen molar-refractivity contribution >= 4 is 27.4 Å². The molecule has 3 aromatic rings. The lowest BCUT2D eigenvalue weighted by Gasteiger charge is -2.04. The Bertz CT molecular complexity index is 677. The number of rotatable bonds is 4. The normalized spacial score (nSPS) is 10.8. The van der Waals surface area contributed by atoms with E-state index in [1.165, 1.54) is 0 Å². The van der Waals surface area contributed by atoms with E-state index in [0.717, 1.165) is 34.7 Å². The smallest absolute Gasteiger partial charge is 0.160 e. The molecular weight excluding hydrogens is 306 g/mol. The van der Waals surface area contributed by atoms with Crippen LogP contribution >= 0.6 is 15.9 Å². The fourth-order valence-electron chi connectivity index (χ4n) is 1.84. The second-order valence-corrected chi connectivity index (χ2v) is 5.00. The quantitative estimate of drug-likeness (QED) is 0.803. The topological polar surface area (TPSA) is 55.1 Å². The van der Waals surface area contributed by atoms with Gasteiger partial charge in [0.05, 0.1) is 0 Å². The molecule has 19 heavy (non-hydrogen) atoms. The van der Waals surface area contributed by atoms with Gasteiger partial charge in [0.25, 0.3) is 0 Å². The predicted octanol–water partition coefficient (Wildman–Crippen LogP) is 2.54. The summed E-state index contributed by atoms with van der Waals surface area (Å²) >= 11 is 3.36. The maximum Gasteiger partial charge on any atom is 0.160 e. The molecule has 0 aliphatic rings. The first-order valence-corrected chi connectivity index (χ1v) is 6.76. The lowest BCUT2D eigenvalue weighted by molar-refractivity contribution is 0.868. The van der Waals surface area contributed by atoms with Gasteiger partial charge >= 0.3 is 0 Å². The highest BCUT2D eigenvalue weighted by atomic mass is 79.9. The van der Waals surface area contributed by atoms with Crippen molar-refractivity contribution in [1.82, 2.24) is 19.6 Å². The molecule has 5 nitrogen and oxygen atoms in total. The zero-order chi connectivity index (χ0) is 13.1. The van der Waals surface area contributed by atoms with E-state index < -0.39 is 0 Å². The number of hydrogen-bond acceptors (Lipinski definition) is 4. The maximum absolute atomic E-state index is 4.26. The molecule has 1 N–H and O–H groups in total. The van der Waals surface area contributed by atoms with Crippen molar-refractivity contribution in [3.8, 4) is 0 Å². The highest BCUT2D eigenvalue weighted by molar-refractivity contribution is 9.10. The SMILES string of the molecule is Brc1ccc(NCCc2nnc3ccccn23)nc1. The Kier molecular flexibility index (Phi) is 3.41. The highest BCUT2D eigenvalue weighted by Gasteiger charge is 2.03. The molecule has 0 saturated carbocycles. The second kappa shape index (κ2) is 5.36. The number of halogens is 1. The molecule has 0 bridgehead atoms. The van der Waals surface area contributed by atoms with Gasteiger partial charge in [0, 0.05) is 29.8 Å². The molecule has 0 unspecified atom stereocenters. The minimum atomic E-state index is 0.768. The molecule has 0 aromatic carbocycles. The Hall–Kier alpha value is -1.95. The zero-order valence-corrected chi connectivity index (χ0v) is 11.7. The first kappa shape index (κ1) is 12.1. The standard InChI is InChI=1S/C13H12BrN5/c14-10-4-5-11(16-9-10)15-7-6-13-18-17-12-3-1-2-8-19(12)13/h1-5,8-9H,6-7H2,(H,15,16). The Morgan fingerprint density at radius 3 is 2.95 bits per heavy atom. The van der Waals surface area contributed by atoms with Gasteiger partial charge in [-0.15, -0.1) is 10.2 Å². The van der Waals surface area contributed by atoms with E-state index in [1.54, 1.807) is 6.20 Å². The Balaban J connectivity index is 1.65. The van der Waals surface area contributed by atoms with Crippen LogP contribution in [0.3, 0.4) is 0 Å². The van der Waals surface area contributed by atoms with E-state index in [9.17, 15) is 0 Å². The van der Waals surface area contributed by atoms with E-state index in [2.05, 4.69) is 36.4 Å². The lowest BCUT2D eigenvalue weighted by Crippen LogP contribution is -2.08. The number of nitrogens with zero attached hydrogens (tertiary/aromatic N) is 4. The molecule has 0 radical (unpaired) electrons. The summed E-state index contributed by atoms with van der Waals surface area (Å²) < 4.78 is 2.97. The Labute approximate surface area is 118 Å². The first-order chi connectivity index (χ1) is 9.33. The summed E-state index contributed by atoms with van der Waals surface area (Å²) in [4.78, 5) is 4.26. The van der Waals surface area contributed by atoms with Crippen LogP contribution in [0.1, 0.15) is 5.82 Å². The summed E-state index contributed by atoms with van der Waals surface area (Å²) in [7, 11) is 0. The molecule has 0 atom stereocenters. The number of nitrogens with one attached hydrogen (secondary N) is 1. The fraction of sp³-hybridized carbons (Fsp3) is 0.154.